The molecule has 1 heterocycles. The van der Waals surface area contributed by atoms with Gasteiger partial charge in [0.25, 0.3) is 0 Å². The van der Waals surface area contributed by atoms with Crippen molar-refractivity contribution in [2.24, 2.45) is 0 Å². The summed E-state index contributed by atoms with van der Waals surface area (Å²) < 4.78 is 1.65. The number of aromatic nitrogens is 1. The van der Waals surface area contributed by atoms with Gasteiger partial charge in [0.1, 0.15) is 0 Å². The first-order chi connectivity index (χ1) is 13.1. The highest BCUT2D eigenvalue weighted by Gasteiger charge is 2.04. The van der Waals surface area contributed by atoms with Gasteiger partial charge in [-0.25, -0.2) is 4.79 Å². The summed E-state index contributed by atoms with van der Waals surface area (Å²) in [5.41, 5.74) is 1.24. The van der Waals surface area contributed by atoms with Crippen LogP contribution in [0.3, 0.4) is 0 Å². The Labute approximate surface area is 158 Å². The number of carbonyl (C=O) groups excluding carboxylic acids is 2. The number of pyridine rings is 1. The molecule has 0 aliphatic carbocycles. The van der Waals surface area contributed by atoms with Gasteiger partial charge in [-0.3, -0.25) is 9.59 Å². The molecule has 7 nitrogen and oxygen atoms in total. The van der Waals surface area contributed by atoms with Crippen molar-refractivity contribution in [2.45, 2.75) is 39.2 Å². The number of rotatable bonds is 9. The number of benzene rings is 1. The molecule has 0 saturated carbocycles. The highest BCUT2D eigenvalue weighted by atomic mass is 16.2. The molecule has 0 aliphatic rings. The SMILES string of the molecule is CCCC(=O)Nc1cccc(NC(=O)NCCCCn2ccccc2=O)c1. The summed E-state index contributed by atoms with van der Waals surface area (Å²) >= 11 is 0. The van der Waals surface area contributed by atoms with Crippen molar-refractivity contribution in [3.63, 3.8) is 0 Å². The van der Waals surface area contributed by atoms with Gasteiger partial charge in [0, 0.05) is 43.1 Å². The van der Waals surface area contributed by atoms with Crippen LogP contribution in [0.15, 0.2) is 53.5 Å². The van der Waals surface area contributed by atoms with E-state index in [9.17, 15) is 14.4 Å². The Bertz CT molecular complexity index is 817. The number of carbonyl (C=O) groups is 2. The normalized spacial score (nSPS) is 10.3. The Balaban J connectivity index is 1.70. The minimum atomic E-state index is -0.302. The monoisotopic (exact) mass is 370 g/mol. The largest absolute Gasteiger partial charge is 0.338 e. The van der Waals surface area contributed by atoms with Crippen LogP contribution in [0.5, 0.6) is 0 Å². The Morgan fingerprint density at radius 2 is 1.78 bits per heavy atom. The fourth-order valence-corrected chi connectivity index (χ4v) is 2.55. The average Bonchev–Trinajstić information content (AvgIpc) is 2.63. The van der Waals surface area contributed by atoms with Crippen molar-refractivity contribution in [1.82, 2.24) is 9.88 Å². The van der Waals surface area contributed by atoms with Gasteiger partial charge in [0.2, 0.25) is 11.5 Å². The first-order valence-electron chi connectivity index (χ1n) is 9.18. The highest BCUT2D eigenvalue weighted by Crippen LogP contribution is 2.15. The molecule has 0 saturated heterocycles. The van der Waals surface area contributed by atoms with E-state index in [0.717, 1.165) is 19.3 Å². The number of amides is 3. The number of urea groups is 1. The summed E-state index contributed by atoms with van der Waals surface area (Å²) in [5.74, 6) is -0.0448. The summed E-state index contributed by atoms with van der Waals surface area (Å²) in [4.78, 5) is 35.2. The van der Waals surface area contributed by atoms with E-state index < -0.39 is 0 Å². The summed E-state index contributed by atoms with van der Waals surface area (Å²) in [7, 11) is 0. The van der Waals surface area contributed by atoms with E-state index in [4.69, 9.17) is 0 Å². The average molecular weight is 370 g/mol. The van der Waals surface area contributed by atoms with E-state index in [1.54, 1.807) is 41.1 Å². The van der Waals surface area contributed by atoms with E-state index in [0.29, 0.717) is 30.9 Å². The summed E-state index contributed by atoms with van der Waals surface area (Å²) in [5, 5.41) is 8.33. The van der Waals surface area contributed by atoms with Gasteiger partial charge in [-0.1, -0.05) is 19.1 Å². The highest BCUT2D eigenvalue weighted by molar-refractivity contribution is 5.93. The summed E-state index contributed by atoms with van der Waals surface area (Å²) in [6, 6.07) is 11.8. The second-order valence-electron chi connectivity index (χ2n) is 6.20. The molecule has 3 N–H and O–H groups in total. The third-order valence-electron chi connectivity index (χ3n) is 3.89. The van der Waals surface area contributed by atoms with E-state index >= 15 is 0 Å². The first-order valence-corrected chi connectivity index (χ1v) is 9.18. The second kappa shape index (κ2) is 10.8. The van der Waals surface area contributed by atoms with Gasteiger partial charge in [0.05, 0.1) is 0 Å². The number of aryl methyl sites for hydroxylation is 1. The van der Waals surface area contributed by atoms with Crippen molar-refractivity contribution in [1.29, 1.82) is 0 Å². The molecule has 1 aromatic heterocycles. The van der Waals surface area contributed by atoms with Crippen LogP contribution in [0.4, 0.5) is 16.2 Å². The van der Waals surface area contributed by atoms with Crippen LogP contribution in [-0.2, 0) is 11.3 Å². The van der Waals surface area contributed by atoms with Gasteiger partial charge in [0.15, 0.2) is 0 Å². The zero-order valence-corrected chi connectivity index (χ0v) is 15.5. The molecule has 0 radical (unpaired) electrons. The minimum Gasteiger partial charge on any atom is -0.338 e. The first kappa shape index (κ1) is 20.2. The molecule has 0 aliphatic heterocycles. The number of nitrogens with zero attached hydrogens (tertiary/aromatic N) is 1. The van der Waals surface area contributed by atoms with Crippen LogP contribution in [0.25, 0.3) is 0 Å². The van der Waals surface area contributed by atoms with Crippen molar-refractivity contribution >= 4 is 23.3 Å². The zero-order chi connectivity index (χ0) is 19.5. The van der Waals surface area contributed by atoms with Crippen LogP contribution in [0.1, 0.15) is 32.6 Å². The number of hydrogen-bond acceptors (Lipinski definition) is 3. The van der Waals surface area contributed by atoms with Gasteiger partial charge in [-0.15, -0.1) is 0 Å². The van der Waals surface area contributed by atoms with Crippen LogP contribution in [-0.4, -0.2) is 23.1 Å². The predicted octanol–water partition coefficient (Wildman–Crippen LogP) is 3.19. The molecule has 0 spiro atoms. The molecule has 1 aromatic carbocycles. The molecule has 2 rings (SSSR count). The molecule has 7 heteroatoms. The van der Waals surface area contributed by atoms with Crippen molar-refractivity contribution in [2.75, 3.05) is 17.2 Å². The molecule has 27 heavy (non-hydrogen) atoms. The molecule has 144 valence electrons. The molecule has 0 fully saturated rings. The standard InChI is InChI=1S/C20H26N4O3/c1-2-8-18(25)22-16-9-7-10-17(15-16)23-20(27)21-12-4-6-14-24-13-5-3-11-19(24)26/h3,5,7,9-11,13,15H,2,4,6,8,12,14H2,1H3,(H,22,25)(H2,21,23,27). The number of anilines is 2. The van der Waals surface area contributed by atoms with Gasteiger partial charge < -0.3 is 20.5 Å². The molecule has 3 amide bonds. The molecule has 0 unspecified atom stereocenters. The maximum absolute atomic E-state index is 12.0. The Morgan fingerprint density at radius 3 is 2.52 bits per heavy atom. The van der Waals surface area contributed by atoms with Gasteiger partial charge in [-0.05, 0) is 43.5 Å². The smallest absolute Gasteiger partial charge is 0.319 e. The Hall–Kier alpha value is -3.09. The van der Waals surface area contributed by atoms with E-state index in [1.165, 1.54) is 6.07 Å². The summed E-state index contributed by atoms with van der Waals surface area (Å²) in [6.07, 6.45) is 4.57. The topological polar surface area (TPSA) is 92.2 Å². The minimum absolute atomic E-state index is 0.0193. The van der Waals surface area contributed by atoms with Crippen LogP contribution >= 0.6 is 0 Å². The van der Waals surface area contributed by atoms with E-state index in [1.807, 2.05) is 13.0 Å². The molecule has 0 bridgehead atoms. The van der Waals surface area contributed by atoms with Crippen molar-refractivity contribution in [3.8, 4) is 0 Å². The fraction of sp³-hybridized carbons (Fsp3) is 0.350. The van der Waals surface area contributed by atoms with Crippen LogP contribution in [0, 0.1) is 0 Å². The third-order valence-corrected chi connectivity index (χ3v) is 3.89. The number of unbranched alkanes of at least 4 members (excludes halogenated alkanes) is 1. The Morgan fingerprint density at radius 1 is 1.00 bits per heavy atom. The lowest BCUT2D eigenvalue weighted by Crippen LogP contribution is -2.29. The predicted molar refractivity (Wildman–Crippen MR) is 107 cm³/mol. The van der Waals surface area contributed by atoms with Gasteiger partial charge in [-0.2, -0.15) is 0 Å². The zero-order valence-electron chi connectivity index (χ0n) is 15.5. The van der Waals surface area contributed by atoms with Crippen LogP contribution < -0.4 is 21.5 Å². The van der Waals surface area contributed by atoms with E-state index in [2.05, 4.69) is 16.0 Å². The maximum atomic E-state index is 12.0. The number of hydrogen-bond donors (Lipinski definition) is 3. The quantitative estimate of drug-likeness (QED) is 0.592. The van der Waals surface area contributed by atoms with Crippen molar-refractivity contribution in [3.05, 3.63) is 59.0 Å². The van der Waals surface area contributed by atoms with E-state index in [-0.39, 0.29) is 17.5 Å². The molecule has 2 aromatic rings. The van der Waals surface area contributed by atoms with Crippen molar-refractivity contribution < 1.29 is 9.59 Å². The molecule has 0 atom stereocenters. The molecular formula is C20H26N4O3. The fourth-order valence-electron chi connectivity index (χ4n) is 2.55. The second-order valence-corrected chi connectivity index (χ2v) is 6.20. The summed E-state index contributed by atoms with van der Waals surface area (Å²) in [6.45, 7) is 3.09. The lowest BCUT2D eigenvalue weighted by Gasteiger charge is -2.10. The lowest BCUT2D eigenvalue weighted by atomic mass is 10.2. The van der Waals surface area contributed by atoms with Crippen LogP contribution in [0.2, 0.25) is 0 Å². The third kappa shape index (κ3) is 7.35. The Kier molecular flexibility index (Phi) is 8.09. The number of nitrogens with one attached hydrogen (secondary N) is 3. The van der Waals surface area contributed by atoms with Gasteiger partial charge >= 0.3 is 6.03 Å². The lowest BCUT2D eigenvalue weighted by molar-refractivity contribution is -0.116. The molecular weight excluding hydrogens is 344 g/mol. The maximum Gasteiger partial charge on any atom is 0.319 e.